The zero-order valence-corrected chi connectivity index (χ0v) is 12.3. The predicted molar refractivity (Wildman–Crippen MR) is 76.6 cm³/mol. The summed E-state index contributed by atoms with van der Waals surface area (Å²) in [6, 6.07) is 7.32. The highest BCUT2D eigenvalue weighted by molar-refractivity contribution is 7.90. The number of rotatable bonds is 8. The lowest BCUT2D eigenvalue weighted by Gasteiger charge is -2.04. The van der Waals surface area contributed by atoms with Gasteiger partial charge in [0.25, 0.3) is 0 Å². The Balaban J connectivity index is 2.39. The van der Waals surface area contributed by atoms with Gasteiger partial charge in [-0.05, 0) is 30.5 Å². The van der Waals surface area contributed by atoms with Gasteiger partial charge >= 0.3 is 0 Å². The molecule has 102 valence electrons. The van der Waals surface area contributed by atoms with Crippen molar-refractivity contribution in [3.63, 3.8) is 0 Å². The molecule has 0 bridgehead atoms. The molecule has 2 nitrogen and oxygen atoms in total. The molecule has 0 spiro atoms. The quantitative estimate of drug-likeness (QED) is 0.668. The molecule has 0 unspecified atom stereocenters. The minimum absolute atomic E-state index is 0.436. The smallest absolute Gasteiger partial charge is 0.175 e. The maximum absolute atomic E-state index is 11.4. The molecule has 1 rings (SSSR count). The average molecular weight is 268 g/mol. The van der Waals surface area contributed by atoms with Gasteiger partial charge in [0.15, 0.2) is 9.84 Å². The Labute approximate surface area is 111 Å². The van der Waals surface area contributed by atoms with Crippen molar-refractivity contribution in [3.05, 3.63) is 29.8 Å². The Morgan fingerprint density at radius 3 is 2.33 bits per heavy atom. The molecule has 18 heavy (non-hydrogen) atoms. The van der Waals surface area contributed by atoms with Crippen LogP contribution in [-0.2, 0) is 16.3 Å². The third kappa shape index (κ3) is 5.67. The average Bonchev–Trinajstić information content (AvgIpc) is 2.33. The van der Waals surface area contributed by atoms with Gasteiger partial charge in [-0.25, -0.2) is 8.42 Å². The fourth-order valence-corrected chi connectivity index (χ4v) is 2.73. The van der Waals surface area contributed by atoms with Crippen LogP contribution in [0.4, 0.5) is 0 Å². The largest absolute Gasteiger partial charge is 0.224 e. The Kier molecular flexibility index (Phi) is 6.41. The van der Waals surface area contributed by atoms with Crippen LogP contribution in [0.15, 0.2) is 29.2 Å². The first-order chi connectivity index (χ1) is 8.54. The van der Waals surface area contributed by atoms with Crippen LogP contribution in [-0.4, -0.2) is 14.7 Å². The van der Waals surface area contributed by atoms with Gasteiger partial charge < -0.3 is 0 Å². The molecule has 0 saturated carbocycles. The lowest BCUT2D eigenvalue weighted by molar-refractivity contribution is 0.600. The van der Waals surface area contributed by atoms with Crippen LogP contribution in [0.1, 0.15) is 51.0 Å². The van der Waals surface area contributed by atoms with E-state index in [0.717, 1.165) is 18.4 Å². The Bertz CT molecular complexity index is 449. The lowest BCUT2D eigenvalue weighted by atomic mass is 10.1. The van der Waals surface area contributed by atoms with E-state index in [4.69, 9.17) is 0 Å². The molecule has 0 saturated heterocycles. The van der Waals surface area contributed by atoms with E-state index in [1.807, 2.05) is 12.1 Å². The SMILES string of the molecule is CCCCCCCCc1cccc(S(C)(=O)=O)c1. The standard InChI is InChI=1S/C15H24O2S/c1-3-4-5-6-7-8-10-14-11-9-12-15(13-14)18(2,16)17/h9,11-13H,3-8,10H2,1-2H3. The molecule has 0 radical (unpaired) electrons. The van der Waals surface area contributed by atoms with Gasteiger partial charge in [-0.1, -0.05) is 51.2 Å². The fourth-order valence-electron chi connectivity index (χ4n) is 2.04. The summed E-state index contributed by atoms with van der Waals surface area (Å²) in [5.74, 6) is 0. The van der Waals surface area contributed by atoms with E-state index in [1.54, 1.807) is 12.1 Å². The highest BCUT2D eigenvalue weighted by Gasteiger charge is 2.06. The minimum Gasteiger partial charge on any atom is -0.224 e. The van der Waals surface area contributed by atoms with Crippen molar-refractivity contribution in [1.82, 2.24) is 0 Å². The van der Waals surface area contributed by atoms with Gasteiger partial charge in [0.1, 0.15) is 0 Å². The van der Waals surface area contributed by atoms with Gasteiger partial charge in [-0.15, -0.1) is 0 Å². The second-order valence-corrected chi connectivity index (χ2v) is 6.95. The molecular weight excluding hydrogens is 244 g/mol. The van der Waals surface area contributed by atoms with Crippen molar-refractivity contribution in [3.8, 4) is 0 Å². The van der Waals surface area contributed by atoms with Crippen LogP contribution >= 0.6 is 0 Å². The van der Waals surface area contributed by atoms with E-state index in [2.05, 4.69) is 6.92 Å². The van der Waals surface area contributed by atoms with Crippen LogP contribution in [0.25, 0.3) is 0 Å². The predicted octanol–water partition coefficient (Wildman–Crippen LogP) is 3.99. The first-order valence-corrected chi connectivity index (χ1v) is 8.72. The number of benzene rings is 1. The zero-order valence-electron chi connectivity index (χ0n) is 11.5. The fraction of sp³-hybridized carbons (Fsp3) is 0.600. The van der Waals surface area contributed by atoms with Crippen molar-refractivity contribution < 1.29 is 8.42 Å². The molecule has 3 heteroatoms. The van der Waals surface area contributed by atoms with Gasteiger partial charge in [0.2, 0.25) is 0 Å². The Morgan fingerprint density at radius 2 is 1.67 bits per heavy atom. The minimum atomic E-state index is -3.07. The first kappa shape index (κ1) is 15.2. The number of hydrogen-bond acceptors (Lipinski definition) is 2. The Hall–Kier alpha value is -0.830. The summed E-state index contributed by atoms with van der Waals surface area (Å²) >= 11 is 0. The van der Waals surface area contributed by atoms with Crippen LogP contribution in [0.3, 0.4) is 0 Å². The molecule has 0 aromatic heterocycles. The van der Waals surface area contributed by atoms with Crippen molar-refractivity contribution in [2.24, 2.45) is 0 Å². The summed E-state index contributed by atoms with van der Waals surface area (Å²) in [4.78, 5) is 0.436. The van der Waals surface area contributed by atoms with Crippen molar-refractivity contribution in [2.75, 3.05) is 6.26 Å². The second kappa shape index (κ2) is 7.57. The summed E-state index contributed by atoms with van der Waals surface area (Å²) in [5.41, 5.74) is 1.13. The third-order valence-corrected chi connectivity index (χ3v) is 4.26. The van der Waals surface area contributed by atoms with Crippen LogP contribution < -0.4 is 0 Å². The van der Waals surface area contributed by atoms with Gasteiger partial charge in [0.05, 0.1) is 4.90 Å². The molecule has 0 aliphatic rings. The highest BCUT2D eigenvalue weighted by Crippen LogP contribution is 2.14. The van der Waals surface area contributed by atoms with Crippen LogP contribution in [0.2, 0.25) is 0 Å². The number of aryl methyl sites for hydroxylation is 1. The first-order valence-electron chi connectivity index (χ1n) is 6.83. The Morgan fingerprint density at radius 1 is 1.00 bits per heavy atom. The van der Waals surface area contributed by atoms with Crippen LogP contribution in [0.5, 0.6) is 0 Å². The number of hydrogen-bond donors (Lipinski definition) is 0. The lowest BCUT2D eigenvalue weighted by Crippen LogP contribution is -1.98. The molecular formula is C15H24O2S. The van der Waals surface area contributed by atoms with Gasteiger partial charge in [-0.2, -0.15) is 0 Å². The summed E-state index contributed by atoms with van der Waals surface area (Å²) in [5, 5.41) is 0. The highest BCUT2D eigenvalue weighted by atomic mass is 32.2. The summed E-state index contributed by atoms with van der Waals surface area (Å²) in [6.45, 7) is 2.22. The van der Waals surface area contributed by atoms with E-state index >= 15 is 0 Å². The van der Waals surface area contributed by atoms with E-state index in [9.17, 15) is 8.42 Å². The van der Waals surface area contributed by atoms with Gasteiger partial charge in [0, 0.05) is 6.26 Å². The molecule has 0 aliphatic carbocycles. The van der Waals surface area contributed by atoms with E-state index in [1.165, 1.54) is 38.4 Å². The van der Waals surface area contributed by atoms with E-state index in [0.29, 0.717) is 4.90 Å². The molecule has 0 aliphatic heterocycles. The summed E-state index contributed by atoms with van der Waals surface area (Å²) < 4.78 is 22.9. The molecule has 0 atom stereocenters. The molecule has 0 N–H and O–H groups in total. The van der Waals surface area contributed by atoms with Gasteiger partial charge in [-0.3, -0.25) is 0 Å². The topological polar surface area (TPSA) is 34.1 Å². The zero-order chi connectivity index (χ0) is 13.4. The molecule has 1 aromatic carbocycles. The van der Waals surface area contributed by atoms with E-state index < -0.39 is 9.84 Å². The van der Waals surface area contributed by atoms with E-state index in [-0.39, 0.29) is 0 Å². The molecule has 1 aromatic rings. The monoisotopic (exact) mass is 268 g/mol. The maximum Gasteiger partial charge on any atom is 0.175 e. The molecule has 0 fully saturated rings. The number of unbranched alkanes of at least 4 members (excludes halogenated alkanes) is 5. The normalized spacial score (nSPS) is 11.7. The summed E-state index contributed by atoms with van der Waals surface area (Å²) in [6.07, 6.45) is 9.84. The van der Waals surface area contributed by atoms with Crippen molar-refractivity contribution in [1.29, 1.82) is 0 Å². The molecule has 0 heterocycles. The second-order valence-electron chi connectivity index (χ2n) is 4.94. The van der Waals surface area contributed by atoms with Crippen molar-refractivity contribution in [2.45, 2.75) is 56.8 Å². The summed E-state index contributed by atoms with van der Waals surface area (Å²) in [7, 11) is -3.07. The maximum atomic E-state index is 11.4. The third-order valence-electron chi connectivity index (χ3n) is 3.15. The van der Waals surface area contributed by atoms with Crippen LogP contribution in [0, 0.1) is 0 Å². The molecule has 0 amide bonds. The van der Waals surface area contributed by atoms with Crippen molar-refractivity contribution >= 4 is 9.84 Å². The number of sulfone groups is 1.